The van der Waals surface area contributed by atoms with Crippen LogP contribution in [-0.2, 0) is 18.9 Å². The Morgan fingerprint density at radius 2 is 1.77 bits per heavy atom. The van der Waals surface area contributed by atoms with Crippen LogP contribution < -0.4 is 5.32 Å². The van der Waals surface area contributed by atoms with E-state index in [1.54, 1.807) is 0 Å². The standard InChI is InChI=1S/C17H10ClF6N5O/c18-12-4-5-13(28-27-12)29-14(17(22,23)24)11(8-26-29)15(30)25-7-9-2-1-3-10(6-9)16(19,20)21/h1-6,8H,7H2,(H,25,30). The van der Waals surface area contributed by atoms with Gasteiger partial charge in [0.1, 0.15) is 0 Å². The molecule has 1 amide bonds. The van der Waals surface area contributed by atoms with Gasteiger partial charge in [0.05, 0.1) is 17.3 Å². The molecule has 0 fully saturated rings. The number of carbonyl (C=O) groups excluding carboxylic acids is 1. The third-order valence-corrected chi connectivity index (χ3v) is 4.03. The quantitative estimate of drug-likeness (QED) is 0.603. The molecular weight excluding hydrogens is 440 g/mol. The second kappa shape index (κ2) is 7.94. The largest absolute Gasteiger partial charge is 0.434 e. The monoisotopic (exact) mass is 449 g/mol. The van der Waals surface area contributed by atoms with Crippen molar-refractivity contribution in [3.8, 4) is 5.82 Å². The number of amides is 1. The van der Waals surface area contributed by atoms with Gasteiger partial charge in [-0.3, -0.25) is 4.79 Å². The summed E-state index contributed by atoms with van der Waals surface area (Å²) >= 11 is 5.56. The van der Waals surface area contributed by atoms with E-state index in [4.69, 9.17) is 11.6 Å². The highest BCUT2D eigenvalue weighted by atomic mass is 35.5. The van der Waals surface area contributed by atoms with E-state index in [0.29, 0.717) is 10.9 Å². The van der Waals surface area contributed by atoms with Crippen molar-refractivity contribution in [2.75, 3.05) is 0 Å². The lowest BCUT2D eigenvalue weighted by Gasteiger charge is -2.12. The highest BCUT2D eigenvalue weighted by Crippen LogP contribution is 2.33. The van der Waals surface area contributed by atoms with Gasteiger partial charge in [0.25, 0.3) is 5.91 Å². The van der Waals surface area contributed by atoms with Crippen LogP contribution in [0.4, 0.5) is 26.3 Å². The van der Waals surface area contributed by atoms with Gasteiger partial charge in [0, 0.05) is 6.54 Å². The van der Waals surface area contributed by atoms with Gasteiger partial charge in [-0.2, -0.15) is 31.4 Å². The normalized spacial score (nSPS) is 12.1. The fourth-order valence-corrected chi connectivity index (χ4v) is 2.62. The molecule has 0 bridgehead atoms. The number of carbonyl (C=O) groups is 1. The number of aromatic nitrogens is 4. The maximum Gasteiger partial charge on any atom is 0.434 e. The Hall–Kier alpha value is -3.15. The fraction of sp³-hybridized carbons (Fsp3) is 0.176. The number of halogens is 7. The molecule has 0 atom stereocenters. The van der Waals surface area contributed by atoms with Crippen molar-refractivity contribution in [1.29, 1.82) is 0 Å². The van der Waals surface area contributed by atoms with E-state index in [1.165, 1.54) is 12.1 Å². The molecule has 2 heterocycles. The van der Waals surface area contributed by atoms with Crippen LogP contribution in [0.1, 0.15) is 27.2 Å². The van der Waals surface area contributed by atoms with Gasteiger partial charge in [0.15, 0.2) is 16.7 Å². The van der Waals surface area contributed by atoms with Gasteiger partial charge >= 0.3 is 12.4 Å². The summed E-state index contributed by atoms with van der Waals surface area (Å²) in [6.45, 7) is -0.425. The van der Waals surface area contributed by atoms with E-state index >= 15 is 0 Å². The SMILES string of the molecule is O=C(NCc1cccc(C(F)(F)F)c1)c1cnn(-c2ccc(Cl)nn2)c1C(F)(F)F. The topological polar surface area (TPSA) is 72.7 Å². The summed E-state index contributed by atoms with van der Waals surface area (Å²) in [7, 11) is 0. The van der Waals surface area contributed by atoms with Crippen LogP contribution in [0.25, 0.3) is 5.82 Å². The molecule has 13 heteroatoms. The third kappa shape index (κ3) is 4.70. The maximum atomic E-state index is 13.6. The Kier molecular flexibility index (Phi) is 5.70. The van der Waals surface area contributed by atoms with Crippen molar-refractivity contribution in [1.82, 2.24) is 25.3 Å². The first-order valence-electron chi connectivity index (χ1n) is 8.06. The van der Waals surface area contributed by atoms with E-state index in [2.05, 4.69) is 20.6 Å². The van der Waals surface area contributed by atoms with Crippen molar-refractivity contribution < 1.29 is 31.1 Å². The van der Waals surface area contributed by atoms with E-state index in [9.17, 15) is 31.1 Å². The molecule has 0 aliphatic heterocycles. The predicted octanol–water partition coefficient (Wildman–Crippen LogP) is 4.28. The summed E-state index contributed by atoms with van der Waals surface area (Å²) in [5.41, 5.74) is -3.13. The highest BCUT2D eigenvalue weighted by Gasteiger charge is 2.41. The van der Waals surface area contributed by atoms with Crippen LogP contribution in [0.2, 0.25) is 5.15 Å². The Morgan fingerprint density at radius 3 is 2.37 bits per heavy atom. The first-order chi connectivity index (χ1) is 14.0. The van der Waals surface area contributed by atoms with Crippen LogP contribution in [-0.4, -0.2) is 25.9 Å². The molecule has 0 saturated heterocycles. The van der Waals surface area contributed by atoms with E-state index < -0.39 is 41.6 Å². The smallest absolute Gasteiger partial charge is 0.348 e. The number of hydrogen-bond acceptors (Lipinski definition) is 4. The van der Waals surface area contributed by atoms with E-state index in [-0.39, 0.29) is 16.5 Å². The molecule has 0 aliphatic carbocycles. The van der Waals surface area contributed by atoms with Gasteiger partial charge in [-0.25, -0.2) is 4.68 Å². The average molecular weight is 450 g/mol. The molecule has 6 nitrogen and oxygen atoms in total. The van der Waals surface area contributed by atoms with E-state index in [1.807, 2.05) is 0 Å². The number of benzene rings is 1. The first kappa shape index (κ1) is 21.6. The lowest BCUT2D eigenvalue weighted by atomic mass is 10.1. The van der Waals surface area contributed by atoms with Crippen LogP contribution >= 0.6 is 11.6 Å². The average Bonchev–Trinajstić information content (AvgIpc) is 3.12. The zero-order valence-corrected chi connectivity index (χ0v) is 15.3. The molecular formula is C17H10ClF6N5O. The number of nitrogens with zero attached hydrogens (tertiary/aromatic N) is 4. The maximum absolute atomic E-state index is 13.6. The molecule has 30 heavy (non-hydrogen) atoms. The van der Waals surface area contributed by atoms with Gasteiger partial charge in [-0.05, 0) is 29.8 Å². The van der Waals surface area contributed by atoms with Crippen molar-refractivity contribution in [2.24, 2.45) is 0 Å². The van der Waals surface area contributed by atoms with Crippen molar-refractivity contribution in [3.05, 3.63) is 70.1 Å². The molecule has 0 radical (unpaired) electrons. The summed E-state index contributed by atoms with van der Waals surface area (Å²) in [6.07, 6.45) is -8.90. The van der Waals surface area contributed by atoms with Crippen molar-refractivity contribution >= 4 is 17.5 Å². The lowest BCUT2D eigenvalue weighted by molar-refractivity contribution is -0.143. The summed E-state index contributed by atoms with van der Waals surface area (Å²) in [5.74, 6) is -1.50. The molecule has 2 aromatic heterocycles. The van der Waals surface area contributed by atoms with Gasteiger partial charge in [-0.15, -0.1) is 10.2 Å². The van der Waals surface area contributed by atoms with Crippen LogP contribution in [0.3, 0.4) is 0 Å². The molecule has 1 aromatic carbocycles. The Bertz CT molecular complexity index is 1060. The third-order valence-electron chi connectivity index (χ3n) is 3.82. The predicted molar refractivity (Wildman–Crippen MR) is 91.8 cm³/mol. The van der Waals surface area contributed by atoms with Crippen molar-refractivity contribution in [3.63, 3.8) is 0 Å². The zero-order valence-electron chi connectivity index (χ0n) is 14.6. The number of hydrogen-bond donors (Lipinski definition) is 1. The summed E-state index contributed by atoms with van der Waals surface area (Å²) in [4.78, 5) is 12.3. The molecule has 0 saturated carbocycles. The summed E-state index contributed by atoms with van der Waals surface area (Å²) in [6, 6.07) is 6.37. The zero-order chi connectivity index (χ0) is 22.1. The first-order valence-corrected chi connectivity index (χ1v) is 8.44. The molecule has 0 unspecified atom stereocenters. The lowest BCUT2D eigenvalue weighted by Crippen LogP contribution is -2.26. The number of nitrogens with one attached hydrogen (secondary N) is 1. The highest BCUT2D eigenvalue weighted by molar-refractivity contribution is 6.29. The molecule has 0 spiro atoms. The Morgan fingerprint density at radius 1 is 1.03 bits per heavy atom. The van der Waals surface area contributed by atoms with Gasteiger partial charge in [-0.1, -0.05) is 23.7 Å². The molecule has 0 aliphatic rings. The Balaban J connectivity index is 1.87. The molecule has 1 N–H and O–H groups in total. The second-order valence-corrected chi connectivity index (χ2v) is 6.30. The summed E-state index contributed by atoms with van der Waals surface area (Å²) < 4.78 is 79.4. The van der Waals surface area contributed by atoms with Crippen LogP contribution in [0.15, 0.2) is 42.6 Å². The molecule has 3 aromatic rings. The van der Waals surface area contributed by atoms with Crippen LogP contribution in [0.5, 0.6) is 0 Å². The Labute approximate surface area is 169 Å². The summed E-state index contributed by atoms with van der Waals surface area (Å²) in [5, 5.41) is 12.6. The van der Waals surface area contributed by atoms with E-state index in [0.717, 1.165) is 24.3 Å². The number of alkyl halides is 6. The second-order valence-electron chi connectivity index (χ2n) is 5.91. The van der Waals surface area contributed by atoms with Crippen molar-refractivity contribution in [2.45, 2.75) is 18.9 Å². The number of rotatable bonds is 4. The minimum atomic E-state index is -4.99. The molecule has 158 valence electrons. The molecule has 3 rings (SSSR count). The minimum Gasteiger partial charge on any atom is -0.348 e. The van der Waals surface area contributed by atoms with Gasteiger partial charge in [0.2, 0.25) is 0 Å². The minimum absolute atomic E-state index is 0.0569. The fourth-order valence-electron chi connectivity index (χ4n) is 2.52. The van der Waals surface area contributed by atoms with Gasteiger partial charge < -0.3 is 5.32 Å². The van der Waals surface area contributed by atoms with Crippen LogP contribution in [0, 0.1) is 0 Å².